The van der Waals surface area contributed by atoms with E-state index >= 15 is 0 Å². The maximum Gasteiger partial charge on any atom is 0.0858 e. The lowest BCUT2D eigenvalue weighted by atomic mass is 10.1. The Hall–Kier alpha value is -1.08. The smallest absolute Gasteiger partial charge is 0.0858 e. The first kappa shape index (κ1) is 7.56. The molecule has 0 aromatic heterocycles. The van der Waals surface area contributed by atoms with E-state index in [1.807, 2.05) is 30.3 Å². The van der Waals surface area contributed by atoms with Crippen molar-refractivity contribution in [2.75, 3.05) is 0 Å². The molecule has 2 atom stereocenters. The lowest BCUT2D eigenvalue weighted by Crippen LogP contribution is -1.98. The van der Waals surface area contributed by atoms with Crippen LogP contribution in [0.3, 0.4) is 0 Å². The summed E-state index contributed by atoms with van der Waals surface area (Å²) in [6.45, 7) is 3.83. The van der Waals surface area contributed by atoms with Crippen LogP contribution in [0.15, 0.2) is 42.5 Å². The molecule has 0 amide bonds. The van der Waals surface area contributed by atoms with E-state index in [0.29, 0.717) is 5.92 Å². The second-order valence-corrected chi connectivity index (χ2v) is 3.32. The van der Waals surface area contributed by atoms with Gasteiger partial charge in [-0.05, 0) is 12.0 Å². The van der Waals surface area contributed by atoms with Gasteiger partial charge < -0.3 is 5.11 Å². The van der Waals surface area contributed by atoms with Crippen LogP contribution in [0.25, 0.3) is 0 Å². The first-order valence-corrected chi connectivity index (χ1v) is 4.19. The summed E-state index contributed by atoms with van der Waals surface area (Å²) in [6, 6.07) is 9.76. The van der Waals surface area contributed by atoms with Crippen molar-refractivity contribution in [2.45, 2.75) is 12.5 Å². The third-order valence-corrected chi connectivity index (χ3v) is 2.37. The van der Waals surface area contributed by atoms with Gasteiger partial charge in [0.05, 0.1) is 6.10 Å². The van der Waals surface area contributed by atoms with Crippen LogP contribution < -0.4 is 0 Å². The summed E-state index contributed by atoms with van der Waals surface area (Å²) >= 11 is 0. The van der Waals surface area contributed by atoms with Crippen LogP contribution in [0.2, 0.25) is 0 Å². The Balaban J connectivity index is 2.15. The molecule has 1 aliphatic carbocycles. The number of benzene rings is 1. The third kappa shape index (κ3) is 1.28. The van der Waals surface area contributed by atoms with E-state index in [0.717, 1.165) is 12.0 Å². The molecule has 0 unspecified atom stereocenters. The predicted octanol–water partition coefficient (Wildman–Crippen LogP) is 2.30. The highest BCUT2D eigenvalue weighted by Crippen LogP contribution is 2.45. The molecule has 2 rings (SSSR count). The molecule has 1 heteroatoms. The van der Waals surface area contributed by atoms with Crippen LogP contribution in [-0.4, -0.2) is 5.11 Å². The molecular formula is C11H12O. The van der Waals surface area contributed by atoms with Crippen LogP contribution in [-0.2, 0) is 0 Å². The third-order valence-electron chi connectivity index (χ3n) is 2.37. The van der Waals surface area contributed by atoms with Crippen molar-refractivity contribution in [3.63, 3.8) is 0 Å². The van der Waals surface area contributed by atoms with E-state index in [1.165, 1.54) is 5.57 Å². The zero-order valence-electron chi connectivity index (χ0n) is 6.90. The topological polar surface area (TPSA) is 20.2 Å². The molecule has 0 aliphatic heterocycles. The summed E-state index contributed by atoms with van der Waals surface area (Å²) in [6.07, 6.45) is 0.648. The molecule has 62 valence electrons. The maximum atomic E-state index is 9.77. The molecular weight excluding hydrogens is 148 g/mol. The first-order chi connectivity index (χ1) is 5.79. The molecule has 1 aliphatic rings. The molecule has 1 aromatic rings. The number of aliphatic hydroxyl groups is 1. The Morgan fingerprint density at radius 3 is 2.42 bits per heavy atom. The molecule has 1 fully saturated rings. The van der Waals surface area contributed by atoms with Gasteiger partial charge in [-0.15, -0.1) is 0 Å². The standard InChI is InChI=1S/C11H12O/c1-8-7-10(8)11(12)9-5-3-2-4-6-9/h2-6,10-12H,1,7H2/t10-,11+/m0/s1. The Labute approximate surface area is 72.4 Å². The van der Waals surface area contributed by atoms with Crippen molar-refractivity contribution in [1.82, 2.24) is 0 Å². The summed E-state index contributed by atoms with van der Waals surface area (Å²) in [5.41, 5.74) is 2.17. The minimum Gasteiger partial charge on any atom is -0.388 e. The van der Waals surface area contributed by atoms with Gasteiger partial charge in [0.2, 0.25) is 0 Å². The van der Waals surface area contributed by atoms with Gasteiger partial charge in [-0.3, -0.25) is 0 Å². The zero-order valence-corrected chi connectivity index (χ0v) is 6.90. The van der Waals surface area contributed by atoms with Crippen molar-refractivity contribution in [3.8, 4) is 0 Å². The molecule has 0 bridgehead atoms. The highest BCUT2D eigenvalue weighted by atomic mass is 16.3. The lowest BCUT2D eigenvalue weighted by Gasteiger charge is -2.07. The second kappa shape index (κ2) is 2.76. The quantitative estimate of drug-likeness (QED) is 0.658. The first-order valence-electron chi connectivity index (χ1n) is 4.19. The van der Waals surface area contributed by atoms with Crippen LogP contribution in [0, 0.1) is 5.92 Å². The van der Waals surface area contributed by atoms with E-state index in [2.05, 4.69) is 6.58 Å². The van der Waals surface area contributed by atoms with Gasteiger partial charge in [-0.25, -0.2) is 0 Å². The van der Waals surface area contributed by atoms with Gasteiger partial charge in [-0.1, -0.05) is 42.5 Å². The van der Waals surface area contributed by atoms with Gasteiger partial charge in [0.25, 0.3) is 0 Å². The van der Waals surface area contributed by atoms with Gasteiger partial charge in [0.1, 0.15) is 0 Å². The Bertz CT molecular complexity index is 289. The van der Waals surface area contributed by atoms with Gasteiger partial charge >= 0.3 is 0 Å². The van der Waals surface area contributed by atoms with Crippen molar-refractivity contribution >= 4 is 0 Å². The van der Waals surface area contributed by atoms with Crippen molar-refractivity contribution in [3.05, 3.63) is 48.0 Å². The number of hydrogen-bond donors (Lipinski definition) is 1. The fraction of sp³-hybridized carbons (Fsp3) is 0.273. The molecule has 12 heavy (non-hydrogen) atoms. The van der Waals surface area contributed by atoms with Crippen LogP contribution >= 0.6 is 0 Å². The fourth-order valence-corrected chi connectivity index (χ4v) is 1.44. The average molecular weight is 160 g/mol. The number of hydrogen-bond acceptors (Lipinski definition) is 1. The van der Waals surface area contributed by atoms with Crippen molar-refractivity contribution in [1.29, 1.82) is 0 Å². The summed E-state index contributed by atoms with van der Waals surface area (Å²) in [4.78, 5) is 0. The Morgan fingerprint density at radius 1 is 1.33 bits per heavy atom. The van der Waals surface area contributed by atoms with Crippen LogP contribution in [0.4, 0.5) is 0 Å². The zero-order chi connectivity index (χ0) is 8.55. The number of aliphatic hydroxyl groups excluding tert-OH is 1. The largest absolute Gasteiger partial charge is 0.388 e. The number of rotatable bonds is 2. The van der Waals surface area contributed by atoms with Crippen LogP contribution in [0.1, 0.15) is 18.1 Å². The van der Waals surface area contributed by atoms with E-state index in [4.69, 9.17) is 0 Å². The monoisotopic (exact) mass is 160 g/mol. The average Bonchev–Trinajstić information content (AvgIpc) is 2.83. The Morgan fingerprint density at radius 2 is 1.92 bits per heavy atom. The fourth-order valence-electron chi connectivity index (χ4n) is 1.44. The van der Waals surface area contributed by atoms with Crippen molar-refractivity contribution < 1.29 is 5.11 Å². The van der Waals surface area contributed by atoms with Gasteiger partial charge in [0.15, 0.2) is 0 Å². The normalized spacial score (nSPS) is 23.8. The van der Waals surface area contributed by atoms with E-state index in [1.54, 1.807) is 0 Å². The SMILES string of the molecule is C=C1C[C@@H]1[C@H](O)c1ccccc1. The molecule has 1 aromatic carbocycles. The summed E-state index contributed by atoms with van der Waals surface area (Å²) < 4.78 is 0. The Kier molecular flexibility index (Phi) is 1.74. The lowest BCUT2D eigenvalue weighted by molar-refractivity contribution is 0.158. The summed E-state index contributed by atoms with van der Waals surface area (Å²) in [5.74, 6) is 0.312. The molecule has 1 nitrogen and oxygen atoms in total. The molecule has 0 radical (unpaired) electrons. The molecule has 0 heterocycles. The molecule has 0 spiro atoms. The van der Waals surface area contributed by atoms with Gasteiger partial charge in [-0.2, -0.15) is 0 Å². The highest BCUT2D eigenvalue weighted by Gasteiger charge is 2.34. The predicted molar refractivity (Wildman–Crippen MR) is 48.6 cm³/mol. The van der Waals surface area contributed by atoms with E-state index in [9.17, 15) is 5.11 Å². The van der Waals surface area contributed by atoms with Crippen LogP contribution in [0.5, 0.6) is 0 Å². The van der Waals surface area contributed by atoms with E-state index < -0.39 is 0 Å². The summed E-state index contributed by atoms with van der Waals surface area (Å²) in [7, 11) is 0. The van der Waals surface area contributed by atoms with E-state index in [-0.39, 0.29) is 6.10 Å². The van der Waals surface area contributed by atoms with Gasteiger partial charge in [0, 0.05) is 5.92 Å². The molecule has 0 saturated heterocycles. The molecule has 1 N–H and O–H groups in total. The minimum atomic E-state index is -0.335. The highest BCUT2D eigenvalue weighted by molar-refractivity contribution is 5.28. The molecule has 1 saturated carbocycles. The minimum absolute atomic E-state index is 0.312. The second-order valence-electron chi connectivity index (χ2n) is 3.32. The summed E-state index contributed by atoms with van der Waals surface area (Å²) in [5, 5.41) is 9.77. The van der Waals surface area contributed by atoms with Crippen molar-refractivity contribution in [2.24, 2.45) is 5.92 Å². The maximum absolute atomic E-state index is 9.77.